The molecule has 1 aliphatic heterocycles. The highest BCUT2D eigenvalue weighted by atomic mass is 79.9. The summed E-state index contributed by atoms with van der Waals surface area (Å²) < 4.78 is 15.2. The lowest BCUT2D eigenvalue weighted by Gasteiger charge is -2.38. The van der Waals surface area contributed by atoms with Crippen molar-refractivity contribution in [1.82, 2.24) is 10.2 Å². The van der Waals surface area contributed by atoms with Gasteiger partial charge >= 0.3 is 0 Å². The third kappa shape index (κ3) is 2.92. The van der Waals surface area contributed by atoms with Gasteiger partial charge in [0.1, 0.15) is 5.82 Å². The highest BCUT2D eigenvalue weighted by Gasteiger charge is 2.33. The van der Waals surface area contributed by atoms with E-state index in [4.69, 9.17) is 0 Å². The van der Waals surface area contributed by atoms with E-state index in [9.17, 15) is 4.39 Å². The van der Waals surface area contributed by atoms with Crippen molar-refractivity contribution in [3.05, 3.63) is 34.1 Å². The van der Waals surface area contributed by atoms with Crippen molar-refractivity contribution >= 4 is 15.9 Å². The molecule has 1 aliphatic carbocycles. The third-order valence-corrected chi connectivity index (χ3v) is 5.30. The Hall–Kier alpha value is -0.450. The van der Waals surface area contributed by atoms with Crippen molar-refractivity contribution in [2.45, 2.75) is 31.7 Å². The Bertz CT molecular complexity index is 454. The molecule has 110 valence electrons. The minimum absolute atomic E-state index is 0.0667. The number of nitrogens with zero attached hydrogens (tertiary/aromatic N) is 1. The lowest BCUT2D eigenvalue weighted by molar-refractivity contribution is 0.122. The maximum absolute atomic E-state index is 14.6. The Kier molecular flexibility index (Phi) is 4.74. The molecule has 4 heteroatoms. The normalized spacial score (nSPS) is 23.1. The summed E-state index contributed by atoms with van der Waals surface area (Å²) in [5.74, 6) is 0.542. The number of rotatable bonds is 3. The molecule has 0 radical (unpaired) electrons. The largest absolute Gasteiger partial charge is 0.314 e. The van der Waals surface area contributed by atoms with E-state index >= 15 is 0 Å². The first-order valence-corrected chi connectivity index (χ1v) is 8.45. The molecule has 0 bridgehead atoms. The van der Waals surface area contributed by atoms with Crippen LogP contribution in [0.15, 0.2) is 22.7 Å². The fourth-order valence-electron chi connectivity index (χ4n) is 3.73. The molecule has 1 aromatic rings. The highest BCUT2D eigenvalue weighted by Crippen LogP contribution is 2.41. The Morgan fingerprint density at radius 2 is 1.90 bits per heavy atom. The van der Waals surface area contributed by atoms with Gasteiger partial charge in [-0.25, -0.2) is 4.39 Å². The third-order valence-electron chi connectivity index (χ3n) is 4.69. The molecule has 20 heavy (non-hydrogen) atoms. The fraction of sp³-hybridized carbons (Fsp3) is 0.625. The van der Waals surface area contributed by atoms with E-state index in [1.165, 1.54) is 25.7 Å². The average Bonchev–Trinajstić information content (AvgIpc) is 2.99. The van der Waals surface area contributed by atoms with E-state index in [-0.39, 0.29) is 11.9 Å². The maximum Gasteiger partial charge on any atom is 0.142 e. The quantitative estimate of drug-likeness (QED) is 0.901. The number of benzene rings is 1. The Morgan fingerprint density at radius 1 is 1.20 bits per heavy atom. The summed E-state index contributed by atoms with van der Waals surface area (Å²) >= 11 is 3.34. The zero-order valence-corrected chi connectivity index (χ0v) is 13.3. The summed E-state index contributed by atoms with van der Waals surface area (Å²) in [7, 11) is 0. The monoisotopic (exact) mass is 340 g/mol. The number of hydrogen-bond donors (Lipinski definition) is 1. The van der Waals surface area contributed by atoms with Crippen LogP contribution in [0, 0.1) is 11.7 Å². The minimum Gasteiger partial charge on any atom is -0.314 e. The predicted octanol–water partition coefficient (Wildman–Crippen LogP) is 3.72. The second-order valence-corrected chi connectivity index (χ2v) is 6.77. The second kappa shape index (κ2) is 6.54. The molecular weight excluding hydrogens is 319 g/mol. The molecule has 2 nitrogen and oxygen atoms in total. The van der Waals surface area contributed by atoms with Crippen molar-refractivity contribution in [2.24, 2.45) is 5.92 Å². The molecule has 2 aliphatic rings. The molecule has 3 rings (SSSR count). The smallest absolute Gasteiger partial charge is 0.142 e. The van der Waals surface area contributed by atoms with Gasteiger partial charge in [0.2, 0.25) is 0 Å². The van der Waals surface area contributed by atoms with Crippen LogP contribution < -0.4 is 5.32 Å². The van der Waals surface area contributed by atoms with Crippen LogP contribution in [0.25, 0.3) is 0 Å². The lowest BCUT2D eigenvalue weighted by Crippen LogP contribution is -2.46. The van der Waals surface area contributed by atoms with Gasteiger partial charge in [0.15, 0.2) is 0 Å². The minimum atomic E-state index is -0.0667. The highest BCUT2D eigenvalue weighted by molar-refractivity contribution is 9.10. The zero-order valence-electron chi connectivity index (χ0n) is 11.7. The lowest BCUT2D eigenvalue weighted by atomic mass is 9.89. The molecule has 1 N–H and O–H groups in total. The summed E-state index contributed by atoms with van der Waals surface area (Å²) in [6, 6.07) is 5.98. The molecule has 2 fully saturated rings. The van der Waals surface area contributed by atoms with Gasteiger partial charge in [-0.3, -0.25) is 4.90 Å². The molecule has 0 spiro atoms. The standard InChI is InChI=1S/C16H22BrFN2/c17-14-7-3-6-13(15(14)18)16(12-4-1-2-5-12)20-10-8-19-9-11-20/h3,6-7,12,16,19H,1-2,4-5,8-11H2/t16-/m0/s1. The molecule has 1 saturated carbocycles. The Balaban J connectivity index is 1.93. The van der Waals surface area contributed by atoms with E-state index < -0.39 is 0 Å². The van der Waals surface area contributed by atoms with Gasteiger partial charge < -0.3 is 5.32 Å². The number of hydrogen-bond acceptors (Lipinski definition) is 2. The molecule has 1 saturated heterocycles. The van der Waals surface area contributed by atoms with Gasteiger partial charge in [-0.05, 0) is 40.8 Å². The molecule has 0 aromatic heterocycles. The van der Waals surface area contributed by atoms with Crippen LogP contribution in [0.3, 0.4) is 0 Å². The van der Waals surface area contributed by atoms with Crippen molar-refractivity contribution < 1.29 is 4.39 Å². The topological polar surface area (TPSA) is 15.3 Å². The summed E-state index contributed by atoms with van der Waals surface area (Å²) in [5.41, 5.74) is 0.883. The number of piperazine rings is 1. The van der Waals surface area contributed by atoms with Crippen molar-refractivity contribution in [3.8, 4) is 0 Å². The van der Waals surface area contributed by atoms with Crippen LogP contribution >= 0.6 is 15.9 Å². The molecular formula is C16H22BrFN2. The fourth-order valence-corrected chi connectivity index (χ4v) is 4.11. The van der Waals surface area contributed by atoms with E-state index in [0.717, 1.165) is 31.7 Å². The van der Waals surface area contributed by atoms with E-state index in [1.54, 1.807) is 6.07 Å². The maximum atomic E-state index is 14.6. The van der Waals surface area contributed by atoms with Crippen molar-refractivity contribution in [1.29, 1.82) is 0 Å². The summed E-state index contributed by atoms with van der Waals surface area (Å²) in [6.45, 7) is 4.07. The van der Waals surface area contributed by atoms with Gasteiger partial charge in [0, 0.05) is 37.8 Å². The van der Waals surface area contributed by atoms with Gasteiger partial charge in [-0.2, -0.15) is 0 Å². The van der Waals surface area contributed by atoms with Gasteiger partial charge in [0.05, 0.1) is 4.47 Å². The van der Waals surface area contributed by atoms with Crippen LogP contribution in [0.2, 0.25) is 0 Å². The zero-order chi connectivity index (χ0) is 13.9. The van der Waals surface area contributed by atoms with Gasteiger partial charge in [-0.1, -0.05) is 25.0 Å². The Labute approximate surface area is 128 Å². The molecule has 1 atom stereocenters. The SMILES string of the molecule is Fc1c(Br)cccc1[C@H](C1CCCC1)N1CCNCC1. The van der Waals surface area contributed by atoms with Crippen LogP contribution in [0.1, 0.15) is 37.3 Å². The Morgan fingerprint density at radius 3 is 2.60 bits per heavy atom. The van der Waals surface area contributed by atoms with E-state index in [1.807, 2.05) is 12.1 Å². The van der Waals surface area contributed by atoms with E-state index in [0.29, 0.717) is 10.4 Å². The van der Waals surface area contributed by atoms with Crippen LogP contribution in [0.4, 0.5) is 4.39 Å². The first-order valence-electron chi connectivity index (χ1n) is 7.66. The van der Waals surface area contributed by atoms with Crippen LogP contribution in [-0.4, -0.2) is 31.1 Å². The number of halogens is 2. The summed E-state index contributed by atoms with van der Waals surface area (Å²) in [6.07, 6.45) is 5.06. The number of nitrogens with one attached hydrogen (secondary N) is 1. The van der Waals surface area contributed by atoms with Crippen LogP contribution in [0.5, 0.6) is 0 Å². The molecule has 1 heterocycles. The first-order chi connectivity index (χ1) is 9.77. The summed E-state index contributed by atoms with van der Waals surface area (Å²) in [4.78, 5) is 2.48. The molecule has 1 aromatic carbocycles. The average molecular weight is 341 g/mol. The van der Waals surface area contributed by atoms with Gasteiger partial charge in [-0.15, -0.1) is 0 Å². The van der Waals surface area contributed by atoms with Crippen molar-refractivity contribution in [2.75, 3.05) is 26.2 Å². The first kappa shape index (κ1) is 14.5. The molecule has 0 amide bonds. The molecule has 0 unspecified atom stereocenters. The van der Waals surface area contributed by atoms with E-state index in [2.05, 4.69) is 26.1 Å². The predicted molar refractivity (Wildman–Crippen MR) is 83.2 cm³/mol. The van der Waals surface area contributed by atoms with Crippen LogP contribution in [-0.2, 0) is 0 Å². The second-order valence-electron chi connectivity index (χ2n) is 5.92. The van der Waals surface area contributed by atoms with Gasteiger partial charge in [0.25, 0.3) is 0 Å². The van der Waals surface area contributed by atoms with Crippen molar-refractivity contribution in [3.63, 3.8) is 0 Å². The summed E-state index contributed by atoms with van der Waals surface area (Å²) in [5, 5.41) is 3.39.